The summed E-state index contributed by atoms with van der Waals surface area (Å²) < 4.78 is 14.9. The number of benzene rings is 2. The molecule has 150 valence electrons. The number of aryl methyl sites for hydroxylation is 1. The SMILES string of the molecule is CSc1ccccc1N1CCN(C(=O)c2cc(C)nn2-c2ccc(F)cc2)CC1. The molecular formula is C22H23FN4OS. The van der Waals surface area contributed by atoms with Crippen molar-refractivity contribution in [2.75, 3.05) is 37.3 Å². The maximum absolute atomic E-state index is 13.3. The van der Waals surface area contributed by atoms with Crippen molar-refractivity contribution in [1.82, 2.24) is 14.7 Å². The second-order valence-corrected chi connectivity index (χ2v) is 7.86. The molecule has 0 unspecified atom stereocenters. The number of anilines is 1. The molecule has 0 aliphatic carbocycles. The summed E-state index contributed by atoms with van der Waals surface area (Å²) in [7, 11) is 0. The number of nitrogens with zero attached hydrogens (tertiary/aromatic N) is 4. The van der Waals surface area contributed by atoms with Gasteiger partial charge in [-0.1, -0.05) is 12.1 Å². The van der Waals surface area contributed by atoms with Crippen molar-refractivity contribution in [3.8, 4) is 5.69 Å². The molecule has 0 spiro atoms. The third-order valence-electron chi connectivity index (χ3n) is 5.11. The molecule has 2 heterocycles. The first kappa shape index (κ1) is 19.5. The minimum Gasteiger partial charge on any atom is -0.367 e. The van der Waals surface area contributed by atoms with E-state index in [2.05, 4.69) is 34.5 Å². The predicted octanol–water partition coefficient (Wildman–Crippen LogP) is 4.00. The number of carbonyl (C=O) groups excluding carboxylic acids is 1. The molecule has 29 heavy (non-hydrogen) atoms. The molecule has 0 saturated carbocycles. The third-order valence-corrected chi connectivity index (χ3v) is 5.90. The number of carbonyl (C=O) groups is 1. The molecule has 0 atom stereocenters. The van der Waals surface area contributed by atoms with E-state index in [1.54, 1.807) is 34.6 Å². The number of aromatic nitrogens is 2. The maximum Gasteiger partial charge on any atom is 0.272 e. The molecular weight excluding hydrogens is 387 g/mol. The van der Waals surface area contributed by atoms with Gasteiger partial charge in [-0.3, -0.25) is 4.79 Å². The van der Waals surface area contributed by atoms with E-state index in [4.69, 9.17) is 0 Å². The summed E-state index contributed by atoms with van der Waals surface area (Å²) in [5.41, 5.74) is 3.16. The summed E-state index contributed by atoms with van der Waals surface area (Å²) in [6.07, 6.45) is 2.08. The van der Waals surface area contributed by atoms with Gasteiger partial charge in [0, 0.05) is 31.1 Å². The highest BCUT2D eigenvalue weighted by atomic mass is 32.2. The summed E-state index contributed by atoms with van der Waals surface area (Å²) >= 11 is 1.74. The number of piperazine rings is 1. The van der Waals surface area contributed by atoms with Crippen molar-refractivity contribution < 1.29 is 9.18 Å². The minimum atomic E-state index is -0.313. The van der Waals surface area contributed by atoms with Gasteiger partial charge in [0.2, 0.25) is 0 Å². The lowest BCUT2D eigenvalue weighted by atomic mass is 10.2. The molecule has 1 aromatic heterocycles. The van der Waals surface area contributed by atoms with Crippen molar-refractivity contribution in [2.45, 2.75) is 11.8 Å². The van der Waals surface area contributed by atoms with Gasteiger partial charge in [-0.15, -0.1) is 11.8 Å². The van der Waals surface area contributed by atoms with Crippen LogP contribution < -0.4 is 4.90 Å². The topological polar surface area (TPSA) is 41.4 Å². The zero-order valence-corrected chi connectivity index (χ0v) is 17.3. The van der Waals surface area contributed by atoms with Gasteiger partial charge in [-0.2, -0.15) is 5.10 Å². The first-order valence-electron chi connectivity index (χ1n) is 9.56. The Bertz CT molecular complexity index is 1010. The fraction of sp³-hybridized carbons (Fsp3) is 0.273. The third kappa shape index (κ3) is 4.00. The molecule has 0 N–H and O–H groups in total. The summed E-state index contributed by atoms with van der Waals surface area (Å²) in [5.74, 6) is -0.361. The van der Waals surface area contributed by atoms with Crippen molar-refractivity contribution >= 4 is 23.4 Å². The Kier molecular flexibility index (Phi) is 5.58. The minimum absolute atomic E-state index is 0.0484. The first-order chi connectivity index (χ1) is 14.1. The normalized spacial score (nSPS) is 14.3. The van der Waals surface area contributed by atoms with Crippen LogP contribution in [0.5, 0.6) is 0 Å². The van der Waals surface area contributed by atoms with Crippen LogP contribution in [0.1, 0.15) is 16.2 Å². The molecule has 5 nitrogen and oxygen atoms in total. The van der Waals surface area contributed by atoms with Crippen LogP contribution in [0.3, 0.4) is 0 Å². The highest BCUT2D eigenvalue weighted by Gasteiger charge is 2.26. The second kappa shape index (κ2) is 8.29. The van der Waals surface area contributed by atoms with Crippen LogP contribution in [0.4, 0.5) is 10.1 Å². The fourth-order valence-corrected chi connectivity index (χ4v) is 4.26. The van der Waals surface area contributed by atoms with Gasteiger partial charge < -0.3 is 9.80 Å². The van der Waals surface area contributed by atoms with Gasteiger partial charge in [0.15, 0.2) is 0 Å². The van der Waals surface area contributed by atoms with Gasteiger partial charge in [0.25, 0.3) is 5.91 Å². The molecule has 7 heteroatoms. The quantitative estimate of drug-likeness (QED) is 0.610. The molecule has 1 aliphatic rings. The highest BCUT2D eigenvalue weighted by Crippen LogP contribution is 2.29. The number of thioether (sulfide) groups is 1. The van der Waals surface area contributed by atoms with E-state index in [1.165, 1.54) is 22.7 Å². The van der Waals surface area contributed by atoms with E-state index in [1.807, 2.05) is 17.9 Å². The Morgan fingerprint density at radius 3 is 2.41 bits per heavy atom. The van der Waals surface area contributed by atoms with Crippen molar-refractivity contribution in [3.63, 3.8) is 0 Å². The van der Waals surface area contributed by atoms with Gasteiger partial charge in [-0.05, 0) is 55.6 Å². The van der Waals surface area contributed by atoms with Crippen LogP contribution in [-0.4, -0.2) is 53.0 Å². The average Bonchev–Trinajstić information content (AvgIpc) is 3.15. The van der Waals surface area contributed by atoms with E-state index in [-0.39, 0.29) is 11.7 Å². The molecule has 0 radical (unpaired) electrons. The van der Waals surface area contributed by atoms with E-state index >= 15 is 0 Å². The number of para-hydroxylation sites is 1. The number of rotatable bonds is 4. The van der Waals surface area contributed by atoms with Gasteiger partial charge in [0.1, 0.15) is 11.5 Å². The van der Waals surface area contributed by atoms with Gasteiger partial charge in [-0.25, -0.2) is 9.07 Å². The Morgan fingerprint density at radius 2 is 1.72 bits per heavy atom. The Hall–Kier alpha value is -2.80. The monoisotopic (exact) mass is 410 g/mol. The second-order valence-electron chi connectivity index (χ2n) is 7.01. The first-order valence-corrected chi connectivity index (χ1v) is 10.8. The Morgan fingerprint density at radius 1 is 1.03 bits per heavy atom. The summed E-state index contributed by atoms with van der Waals surface area (Å²) in [4.78, 5) is 18.7. The van der Waals surface area contributed by atoms with Crippen LogP contribution >= 0.6 is 11.8 Å². The number of hydrogen-bond donors (Lipinski definition) is 0. The Labute approximate surface area is 174 Å². The highest BCUT2D eigenvalue weighted by molar-refractivity contribution is 7.98. The van der Waals surface area contributed by atoms with E-state index < -0.39 is 0 Å². The lowest BCUT2D eigenvalue weighted by Gasteiger charge is -2.36. The molecule has 0 bridgehead atoms. The lowest BCUT2D eigenvalue weighted by molar-refractivity contribution is 0.0737. The number of amides is 1. The summed E-state index contributed by atoms with van der Waals surface area (Å²) in [6.45, 7) is 4.72. The van der Waals surface area contributed by atoms with Crippen molar-refractivity contribution in [2.24, 2.45) is 0 Å². The van der Waals surface area contributed by atoms with Crippen LogP contribution in [0.2, 0.25) is 0 Å². The van der Waals surface area contributed by atoms with Crippen LogP contribution in [-0.2, 0) is 0 Å². The van der Waals surface area contributed by atoms with Crippen LogP contribution in [0.15, 0.2) is 59.5 Å². The molecule has 4 rings (SSSR count). The zero-order chi connectivity index (χ0) is 20.4. The lowest BCUT2D eigenvalue weighted by Crippen LogP contribution is -2.49. The van der Waals surface area contributed by atoms with Crippen molar-refractivity contribution in [1.29, 1.82) is 0 Å². The number of halogens is 1. The smallest absolute Gasteiger partial charge is 0.272 e. The zero-order valence-electron chi connectivity index (χ0n) is 16.5. The molecule has 1 amide bonds. The standard InChI is InChI=1S/C22H23FN4OS/c1-16-15-20(27(24-16)18-9-7-17(23)8-10-18)22(28)26-13-11-25(12-14-26)19-5-3-4-6-21(19)29-2/h3-10,15H,11-14H2,1-2H3. The fourth-order valence-electron chi connectivity index (χ4n) is 3.63. The van der Waals surface area contributed by atoms with Crippen LogP contribution in [0, 0.1) is 12.7 Å². The molecule has 2 aromatic carbocycles. The van der Waals surface area contributed by atoms with Gasteiger partial charge in [0.05, 0.1) is 17.1 Å². The van der Waals surface area contributed by atoms with E-state index in [0.717, 1.165) is 18.8 Å². The largest absolute Gasteiger partial charge is 0.367 e. The number of hydrogen-bond acceptors (Lipinski definition) is 4. The Balaban J connectivity index is 1.51. The van der Waals surface area contributed by atoms with Gasteiger partial charge >= 0.3 is 0 Å². The molecule has 3 aromatic rings. The predicted molar refractivity (Wildman–Crippen MR) is 115 cm³/mol. The molecule has 1 fully saturated rings. The van der Waals surface area contributed by atoms with E-state index in [0.29, 0.717) is 24.5 Å². The average molecular weight is 411 g/mol. The maximum atomic E-state index is 13.3. The molecule has 1 saturated heterocycles. The summed E-state index contributed by atoms with van der Waals surface area (Å²) in [6, 6.07) is 16.2. The summed E-state index contributed by atoms with van der Waals surface area (Å²) in [5, 5.41) is 4.45. The van der Waals surface area contributed by atoms with Crippen LogP contribution in [0.25, 0.3) is 5.69 Å². The molecule has 1 aliphatic heterocycles. The van der Waals surface area contributed by atoms with E-state index in [9.17, 15) is 9.18 Å². The van der Waals surface area contributed by atoms with Crippen molar-refractivity contribution in [3.05, 3.63) is 71.8 Å².